The second kappa shape index (κ2) is 7.60. The molecule has 2 rings (SSSR count). The van der Waals surface area contributed by atoms with E-state index < -0.39 is 0 Å². The molecule has 1 unspecified atom stereocenters. The van der Waals surface area contributed by atoms with Gasteiger partial charge in [-0.1, -0.05) is 27.7 Å². The molecule has 120 valence electrons. The molecule has 0 bridgehead atoms. The molecular formula is C16H33NO2S. The van der Waals surface area contributed by atoms with Crippen molar-refractivity contribution in [3.63, 3.8) is 0 Å². The minimum absolute atomic E-state index is 0.0956. The Kier molecular flexibility index (Phi) is 7.47. The van der Waals surface area contributed by atoms with Gasteiger partial charge in [-0.15, -0.1) is 0 Å². The molecule has 20 heavy (non-hydrogen) atoms. The van der Waals surface area contributed by atoms with Crippen molar-refractivity contribution in [1.29, 1.82) is 0 Å². The highest BCUT2D eigenvalue weighted by Gasteiger charge is 2.58. The van der Waals surface area contributed by atoms with E-state index >= 15 is 0 Å². The zero-order valence-corrected chi connectivity index (χ0v) is 15.3. The molecule has 1 spiro atoms. The van der Waals surface area contributed by atoms with Crippen LogP contribution in [0.2, 0.25) is 0 Å². The number of nitrogens with zero attached hydrogens (tertiary/aromatic N) is 1. The Labute approximate surface area is 130 Å². The van der Waals surface area contributed by atoms with Crippen molar-refractivity contribution in [2.75, 3.05) is 6.54 Å². The van der Waals surface area contributed by atoms with Gasteiger partial charge in [0.1, 0.15) is 5.60 Å². The van der Waals surface area contributed by atoms with E-state index in [0.29, 0.717) is 16.6 Å². The third kappa shape index (κ3) is 4.32. The lowest BCUT2D eigenvalue weighted by atomic mass is 9.57. The van der Waals surface area contributed by atoms with E-state index in [-0.39, 0.29) is 11.7 Å². The molecule has 1 N–H and O–H groups in total. The van der Waals surface area contributed by atoms with Crippen molar-refractivity contribution >= 4 is 17.4 Å². The Balaban J connectivity index is 0.000000829. The summed E-state index contributed by atoms with van der Waals surface area (Å²) in [7, 11) is 0. The molecule has 1 saturated carbocycles. The molecule has 1 saturated heterocycles. The van der Waals surface area contributed by atoms with Crippen molar-refractivity contribution < 1.29 is 9.84 Å². The van der Waals surface area contributed by atoms with Crippen LogP contribution in [0.5, 0.6) is 0 Å². The largest absolute Gasteiger partial charge is 0.465 e. The third-order valence-corrected chi connectivity index (χ3v) is 4.07. The van der Waals surface area contributed by atoms with E-state index in [1.807, 2.05) is 48.5 Å². The summed E-state index contributed by atoms with van der Waals surface area (Å²) >= 11 is 5.30. The molecule has 0 aromatic carbocycles. The number of likely N-dealkylation sites (tertiary alicyclic amines) is 1. The van der Waals surface area contributed by atoms with Gasteiger partial charge in [0.15, 0.2) is 0 Å². The van der Waals surface area contributed by atoms with Gasteiger partial charge in [0.2, 0.25) is 0 Å². The minimum Gasteiger partial charge on any atom is -0.465 e. The summed E-state index contributed by atoms with van der Waals surface area (Å²) < 4.78 is 5.70. The molecule has 1 aliphatic carbocycles. The number of rotatable bonds is 0. The van der Waals surface area contributed by atoms with Crippen molar-refractivity contribution in [3.8, 4) is 0 Å². The lowest BCUT2D eigenvalue weighted by molar-refractivity contribution is -0.149. The molecule has 0 amide bonds. The van der Waals surface area contributed by atoms with E-state index in [2.05, 4.69) is 11.8 Å². The summed E-state index contributed by atoms with van der Waals surface area (Å²) in [4.78, 5) is 2.13. The predicted octanol–water partition coefficient (Wildman–Crippen LogP) is 3.98. The van der Waals surface area contributed by atoms with Crippen LogP contribution in [0.25, 0.3) is 0 Å². The molecule has 1 aliphatic heterocycles. The second-order valence-corrected chi connectivity index (χ2v) is 6.56. The SMILES string of the molecule is CC.CC.CC1N(C(=S)OC(C)(C)C)CC12CC(O)C2. The Morgan fingerprint density at radius 1 is 1.20 bits per heavy atom. The van der Waals surface area contributed by atoms with Crippen LogP contribution in [0.3, 0.4) is 0 Å². The molecule has 0 aromatic heterocycles. The smallest absolute Gasteiger partial charge is 0.260 e. The van der Waals surface area contributed by atoms with Gasteiger partial charge < -0.3 is 14.7 Å². The maximum Gasteiger partial charge on any atom is 0.260 e. The zero-order chi connectivity index (χ0) is 16.1. The van der Waals surface area contributed by atoms with Crippen LogP contribution in [0, 0.1) is 5.41 Å². The average molecular weight is 304 g/mol. The summed E-state index contributed by atoms with van der Waals surface area (Å²) in [6.07, 6.45) is 1.74. The molecule has 4 heteroatoms. The quantitative estimate of drug-likeness (QED) is 0.686. The molecule has 1 atom stereocenters. The molecule has 1 heterocycles. The molecular weight excluding hydrogens is 270 g/mol. The normalized spacial score (nSPS) is 30.9. The summed E-state index contributed by atoms with van der Waals surface area (Å²) in [5.41, 5.74) is 0.0867. The fourth-order valence-electron chi connectivity index (χ4n) is 2.72. The molecule has 0 aromatic rings. The summed E-state index contributed by atoms with van der Waals surface area (Å²) in [5, 5.41) is 10.00. The predicted molar refractivity (Wildman–Crippen MR) is 90.0 cm³/mol. The van der Waals surface area contributed by atoms with Crippen LogP contribution in [0.1, 0.15) is 68.2 Å². The highest BCUT2D eigenvalue weighted by molar-refractivity contribution is 7.80. The second-order valence-electron chi connectivity index (χ2n) is 6.21. The third-order valence-electron chi connectivity index (χ3n) is 3.75. The first-order valence-electron chi connectivity index (χ1n) is 7.91. The van der Waals surface area contributed by atoms with Crippen LogP contribution in [-0.4, -0.2) is 39.5 Å². The van der Waals surface area contributed by atoms with E-state index in [1.54, 1.807) is 0 Å². The summed E-state index contributed by atoms with van der Waals surface area (Å²) in [6, 6.07) is 0.408. The Bertz CT molecular complexity index is 306. The standard InChI is InChI=1S/C12H21NO2S.2C2H6/c1-8-12(5-9(14)6-12)7-13(8)10(16)15-11(2,3)4;2*1-2/h8-9,14H,5-7H2,1-4H3;2*1-2H3. The maximum atomic E-state index is 9.40. The van der Waals surface area contributed by atoms with Gasteiger partial charge in [0.05, 0.1) is 6.10 Å². The molecule has 3 nitrogen and oxygen atoms in total. The van der Waals surface area contributed by atoms with E-state index in [1.165, 1.54) is 0 Å². The molecule has 0 radical (unpaired) electrons. The number of ether oxygens (including phenoxy) is 1. The maximum absolute atomic E-state index is 9.40. The van der Waals surface area contributed by atoms with E-state index in [9.17, 15) is 5.11 Å². The first-order chi connectivity index (χ1) is 9.23. The monoisotopic (exact) mass is 303 g/mol. The van der Waals surface area contributed by atoms with Gasteiger partial charge in [-0.3, -0.25) is 0 Å². The van der Waals surface area contributed by atoms with Gasteiger partial charge in [0, 0.05) is 18.0 Å². The van der Waals surface area contributed by atoms with Crippen LogP contribution in [-0.2, 0) is 4.74 Å². The van der Waals surface area contributed by atoms with Gasteiger partial charge >= 0.3 is 0 Å². The van der Waals surface area contributed by atoms with E-state index in [4.69, 9.17) is 17.0 Å². The van der Waals surface area contributed by atoms with Gasteiger partial charge in [-0.25, -0.2) is 0 Å². The number of aliphatic hydroxyl groups excluding tert-OH is 1. The van der Waals surface area contributed by atoms with Crippen molar-refractivity contribution in [2.45, 2.75) is 86.0 Å². The molecule has 2 fully saturated rings. The van der Waals surface area contributed by atoms with Crippen molar-refractivity contribution in [1.82, 2.24) is 4.90 Å². The van der Waals surface area contributed by atoms with Crippen LogP contribution >= 0.6 is 12.2 Å². The van der Waals surface area contributed by atoms with E-state index in [0.717, 1.165) is 19.4 Å². The Hall–Kier alpha value is -0.350. The Morgan fingerprint density at radius 2 is 1.65 bits per heavy atom. The number of thiocarbonyl (C=S) groups is 1. The van der Waals surface area contributed by atoms with Crippen LogP contribution in [0.15, 0.2) is 0 Å². The lowest BCUT2D eigenvalue weighted by Crippen LogP contribution is -2.70. The fraction of sp³-hybridized carbons (Fsp3) is 0.938. The van der Waals surface area contributed by atoms with Gasteiger partial charge in [-0.2, -0.15) is 0 Å². The molecule has 2 aliphatic rings. The number of hydrogen-bond donors (Lipinski definition) is 1. The topological polar surface area (TPSA) is 32.7 Å². The first kappa shape index (κ1) is 19.7. The summed E-state index contributed by atoms with van der Waals surface area (Å²) in [5.74, 6) is 0. The first-order valence-corrected chi connectivity index (χ1v) is 8.32. The Morgan fingerprint density at radius 3 is 1.95 bits per heavy atom. The number of hydrogen-bond acceptors (Lipinski definition) is 3. The highest BCUT2D eigenvalue weighted by Crippen LogP contribution is 2.53. The highest BCUT2D eigenvalue weighted by atomic mass is 32.1. The van der Waals surface area contributed by atoms with Crippen molar-refractivity contribution in [2.24, 2.45) is 5.41 Å². The van der Waals surface area contributed by atoms with Crippen LogP contribution in [0.4, 0.5) is 0 Å². The summed E-state index contributed by atoms with van der Waals surface area (Å²) in [6.45, 7) is 17.1. The van der Waals surface area contributed by atoms with Crippen molar-refractivity contribution in [3.05, 3.63) is 0 Å². The number of aliphatic hydroxyl groups is 1. The zero-order valence-electron chi connectivity index (χ0n) is 14.5. The van der Waals surface area contributed by atoms with Crippen LogP contribution < -0.4 is 0 Å². The fourth-order valence-corrected chi connectivity index (χ4v) is 3.19. The average Bonchev–Trinajstić information content (AvgIpc) is 2.34. The van der Waals surface area contributed by atoms with Gasteiger partial charge in [0.25, 0.3) is 5.17 Å². The van der Waals surface area contributed by atoms with Gasteiger partial charge in [-0.05, 0) is 52.8 Å². The minimum atomic E-state index is -0.224. The lowest BCUT2D eigenvalue weighted by Gasteiger charge is -2.63.